The Balaban J connectivity index is 1.48. The standard InChI is InChI=1S/C32H28N4O4/c1-36(2)27-18-16-23(17-19-27)21-29(34-30(37)25-11-5-3-6-12-25)31(38)35-33-22-24-10-9-15-28(20-24)40-32(39)26-13-7-4-8-14-26/h3-22H,1-2H3,(H,34,37)(H,35,38). The summed E-state index contributed by atoms with van der Waals surface area (Å²) >= 11 is 0. The van der Waals surface area contributed by atoms with Crippen molar-refractivity contribution < 1.29 is 19.1 Å². The van der Waals surface area contributed by atoms with E-state index in [0.717, 1.165) is 11.3 Å². The van der Waals surface area contributed by atoms with Crippen LogP contribution in [0.1, 0.15) is 31.8 Å². The Kier molecular flexibility index (Phi) is 9.18. The van der Waals surface area contributed by atoms with Crippen LogP contribution in [0.5, 0.6) is 5.75 Å². The van der Waals surface area contributed by atoms with Crippen LogP contribution in [0, 0.1) is 0 Å². The molecule has 0 radical (unpaired) electrons. The average Bonchev–Trinajstić information content (AvgIpc) is 2.98. The van der Waals surface area contributed by atoms with Crippen molar-refractivity contribution in [3.63, 3.8) is 0 Å². The van der Waals surface area contributed by atoms with Gasteiger partial charge in [-0.15, -0.1) is 0 Å². The van der Waals surface area contributed by atoms with Crippen LogP contribution < -0.4 is 20.4 Å². The second kappa shape index (κ2) is 13.3. The Labute approximate surface area is 232 Å². The molecule has 0 heterocycles. The minimum Gasteiger partial charge on any atom is -0.423 e. The van der Waals surface area contributed by atoms with Gasteiger partial charge in [0, 0.05) is 25.3 Å². The van der Waals surface area contributed by atoms with Gasteiger partial charge in [-0.05, 0) is 65.7 Å². The van der Waals surface area contributed by atoms with Crippen LogP contribution in [0.2, 0.25) is 0 Å². The number of nitrogens with one attached hydrogen (secondary N) is 2. The monoisotopic (exact) mass is 532 g/mol. The molecule has 4 aromatic carbocycles. The number of anilines is 1. The van der Waals surface area contributed by atoms with Gasteiger partial charge in [-0.1, -0.05) is 60.7 Å². The summed E-state index contributed by atoms with van der Waals surface area (Å²) < 4.78 is 5.43. The first-order chi connectivity index (χ1) is 19.4. The van der Waals surface area contributed by atoms with Crippen molar-refractivity contribution in [2.75, 3.05) is 19.0 Å². The number of carbonyl (C=O) groups is 3. The number of benzene rings is 4. The maximum absolute atomic E-state index is 13.1. The highest BCUT2D eigenvalue weighted by atomic mass is 16.5. The number of ether oxygens (including phenoxy) is 1. The van der Waals surface area contributed by atoms with Crippen molar-refractivity contribution >= 4 is 35.8 Å². The Bertz CT molecular complexity index is 1530. The second-order valence-electron chi connectivity index (χ2n) is 8.89. The van der Waals surface area contributed by atoms with Crippen LogP contribution in [0.4, 0.5) is 5.69 Å². The van der Waals surface area contributed by atoms with E-state index in [1.807, 2.05) is 49.3 Å². The predicted molar refractivity (Wildman–Crippen MR) is 156 cm³/mol. The third-order valence-corrected chi connectivity index (χ3v) is 5.71. The first-order valence-corrected chi connectivity index (χ1v) is 12.5. The van der Waals surface area contributed by atoms with Gasteiger partial charge in [0.15, 0.2) is 0 Å². The van der Waals surface area contributed by atoms with Crippen LogP contribution in [-0.4, -0.2) is 38.1 Å². The lowest BCUT2D eigenvalue weighted by molar-refractivity contribution is -0.117. The first kappa shape index (κ1) is 27.5. The molecule has 0 aliphatic rings. The molecule has 8 nitrogen and oxygen atoms in total. The molecule has 2 N–H and O–H groups in total. The van der Waals surface area contributed by atoms with Crippen LogP contribution in [0.3, 0.4) is 0 Å². The summed E-state index contributed by atoms with van der Waals surface area (Å²) in [6.45, 7) is 0. The van der Waals surface area contributed by atoms with Gasteiger partial charge in [0.05, 0.1) is 11.8 Å². The normalized spacial score (nSPS) is 11.1. The maximum atomic E-state index is 13.1. The fourth-order valence-corrected chi connectivity index (χ4v) is 3.60. The second-order valence-corrected chi connectivity index (χ2v) is 8.89. The molecule has 4 aromatic rings. The van der Waals surface area contributed by atoms with Gasteiger partial charge in [0.2, 0.25) is 0 Å². The van der Waals surface area contributed by atoms with E-state index in [1.165, 1.54) is 6.21 Å². The third kappa shape index (κ3) is 7.75. The summed E-state index contributed by atoms with van der Waals surface area (Å²) in [7, 11) is 3.87. The average molecular weight is 533 g/mol. The van der Waals surface area contributed by atoms with Crippen molar-refractivity contribution in [2.45, 2.75) is 0 Å². The lowest BCUT2D eigenvalue weighted by atomic mass is 10.1. The smallest absolute Gasteiger partial charge is 0.343 e. The molecule has 40 heavy (non-hydrogen) atoms. The topological polar surface area (TPSA) is 100 Å². The van der Waals surface area contributed by atoms with E-state index < -0.39 is 17.8 Å². The third-order valence-electron chi connectivity index (χ3n) is 5.71. The molecule has 0 unspecified atom stereocenters. The zero-order valence-electron chi connectivity index (χ0n) is 22.1. The number of nitrogens with zero attached hydrogens (tertiary/aromatic N) is 2. The maximum Gasteiger partial charge on any atom is 0.343 e. The van der Waals surface area contributed by atoms with E-state index in [9.17, 15) is 14.4 Å². The van der Waals surface area contributed by atoms with Gasteiger partial charge in [-0.2, -0.15) is 5.10 Å². The molecule has 0 bridgehead atoms. The van der Waals surface area contributed by atoms with Crippen LogP contribution in [-0.2, 0) is 4.79 Å². The number of amides is 2. The lowest BCUT2D eigenvalue weighted by Gasteiger charge is -2.12. The molecule has 8 heteroatoms. The minimum atomic E-state index is -0.608. The summed E-state index contributed by atoms with van der Waals surface area (Å²) in [5.41, 5.74) is 5.64. The molecule has 2 amide bonds. The van der Waals surface area contributed by atoms with Crippen LogP contribution in [0.25, 0.3) is 6.08 Å². The van der Waals surface area contributed by atoms with E-state index in [2.05, 4.69) is 15.8 Å². The SMILES string of the molecule is CN(C)c1ccc(C=C(NC(=O)c2ccccc2)C(=O)NN=Cc2cccc(OC(=O)c3ccccc3)c2)cc1. The Hall–Kier alpha value is -5.50. The molecule has 0 aliphatic carbocycles. The minimum absolute atomic E-state index is 0.0224. The molecule has 0 fully saturated rings. The van der Waals surface area contributed by atoms with E-state index in [4.69, 9.17) is 4.74 Å². The van der Waals surface area contributed by atoms with Gasteiger partial charge in [-0.25, -0.2) is 10.2 Å². The van der Waals surface area contributed by atoms with Gasteiger partial charge in [0.25, 0.3) is 11.8 Å². The van der Waals surface area contributed by atoms with Gasteiger partial charge in [-0.3, -0.25) is 9.59 Å². The number of hydrogen-bond acceptors (Lipinski definition) is 6. The van der Waals surface area contributed by atoms with E-state index in [-0.39, 0.29) is 5.70 Å². The van der Waals surface area contributed by atoms with Crippen molar-refractivity contribution in [3.05, 3.63) is 137 Å². The number of hydrazone groups is 1. The molecule has 0 atom stereocenters. The molecule has 200 valence electrons. The number of rotatable bonds is 9. The zero-order chi connectivity index (χ0) is 28.3. The Morgan fingerprint density at radius 3 is 2.05 bits per heavy atom. The summed E-state index contributed by atoms with van der Waals surface area (Å²) in [6.07, 6.45) is 3.00. The molecular weight excluding hydrogens is 504 g/mol. The van der Waals surface area contributed by atoms with Crippen LogP contribution >= 0.6 is 0 Å². The van der Waals surface area contributed by atoms with Gasteiger partial charge < -0.3 is 15.0 Å². The van der Waals surface area contributed by atoms with Crippen molar-refractivity contribution in [3.8, 4) is 5.75 Å². The predicted octanol–water partition coefficient (Wildman–Crippen LogP) is 4.89. The number of carbonyl (C=O) groups excluding carboxylic acids is 3. The molecule has 0 aliphatic heterocycles. The summed E-state index contributed by atoms with van der Waals surface area (Å²) in [5, 5.41) is 6.72. The molecule has 0 spiro atoms. The fraction of sp³-hybridized carbons (Fsp3) is 0.0625. The molecule has 0 saturated heterocycles. The highest BCUT2D eigenvalue weighted by Gasteiger charge is 2.14. The Morgan fingerprint density at radius 2 is 1.40 bits per heavy atom. The Morgan fingerprint density at radius 1 is 0.750 bits per heavy atom. The summed E-state index contributed by atoms with van der Waals surface area (Å²) in [6, 6.07) is 31.5. The summed E-state index contributed by atoms with van der Waals surface area (Å²) in [4.78, 5) is 40.2. The lowest BCUT2D eigenvalue weighted by Crippen LogP contribution is -2.32. The fourth-order valence-electron chi connectivity index (χ4n) is 3.60. The van der Waals surface area contributed by atoms with Crippen molar-refractivity contribution in [2.24, 2.45) is 5.10 Å². The quantitative estimate of drug-likeness (QED) is 0.105. The van der Waals surface area contributed by atoms with Crippen LogP contribution in [0.15, 0.2) is 120 Å². The van der Waals surface area contributed by atoms with E-state index >= 15 is 0 Å². The highest BCUT2D eigenvalue weighted by molar-refractivity contribution is 6.05. The highest BCUT2D eigenvalue weighted by Crippen LogP contribution is 2.16. The molecule has 4 rings (SSSR count). The molecule has 0 saturated carbocycles. The zero-order valence-corrected chi connectivity index (χ0v) is 22.1. The molecular formula is C32H28N4O4. The van der Waals surface area contributed by atoms with Crippen molar-refractivity contribution in [1.29, 1.82) is 0 Å². The number of esters is 1. The van der Waals surface area contributed by atoms with Gasteiger partial charge >= 0.3 is 5.97 Å². The van der Waals surface area contributed by atoms with E-state index in [1.54, 1.807) is 84.9 Å². The van der Waals surface area contributed by atoms with E-state index in [0.29, 0.717) is 22.4 Å². The van der Waals surface area contributed by atoms with Crippen molar-refractivity contribution in [1.82, 2.24) is 10.7 Å². The molecule has 0 aromatic heterocycles. The first-order valence-electron chi connectivity index (χ1n) is 12.5. The number of hydrogen-bond donors (Lipinski definition) is 2. The summed E-state index contributed by atoms with van der Waals surface area (Å²) in [5.74, 6) is -1.18. The van der Waals surface area contributed by atoms with Gasteiger partial charge in [0.1, 0.15) is 11.4 Å². The largest absolute Gasteiger partial charge is 0.423 e.